The predicted octanol–water partition coefficient (Wildman–Crippen LogP) is 6.21. The molecule has 2 aliphatic heterocycles. The second-order valence-corrected chi connectivity index (χ2v) is 10.0. The Morgan fingerprint density at radius 1 is 0.788 bits per heavy atom. The summed E-state index contributed by atoms with van der Waals surface area (Å²) in [5, 5.41) is 0. The van der Waals surface area contributed by atoms with Crippen LogP contribution in [0.15, 0.2) is 76.5 Å². The lowest BCUT2D eigenvalue weighted by Gasteiger charge is -2.36. The van der Waals surface area contributed by atoms with Crippen molar-refractivity contribution >= 4 is 28.8 Å². The Kier molecular flexibility index (Phi) is 6.79. The molecule has 5 rings (SSSR count). The van der Waals surface area contributed by atoms with Crippen LogP contribution in [0.1, 0.15) is 18.4 Å². The summed E-state index contributed by atoms with van der Waals surface area (Å²) in [5.74, 6) is 0.921. The van der Waals surface area contributed by atoms with Crippen LogP contribution < -0.4 is 14.5 Å². The number of ether oxygens (including phenoxy) is 1. The van der Waals surface area contributed by atoms with E-state index in [1.54, 1.807) is 7.11 Å². The first-order valence-corrected chi connectivity index (χ1v) is 12.8. The highest BCUT2D eigenvalue weighted by molar-refractivity contribution is 7.99. The Balaban J connectivity index is 1.14. The smallest absolute Gasteiger partial charge is 0.119 e. The van der Waals surface area contributed by atoms with E-state index >= 15 is 0 Å². The number of unbranched alkanes of at least 4 members (excludes halogenated alkanes) is 1. The molecule has 0 amide bonds. The summed E-state index contributed by atoms with van der Waals surface area (Å²) in [6.45, 7) is 8.90. The normalized spacial score (nSPS) is 15.8. The van der Waals surface area contributed by atoms with Gasteiger partial charge in [0.15, 0.2) is 0 Å². The number of rotatable bonds is 7. The summed E-state index contributed by atoms with van der Waals surface area (Å²) in [7, 11) is 1.72. The van der Waals surface area contributed by atoms with E-state index in [1.165, 1.54) is 51.8 Å². The fourth-order valence-electron chi connectivity index (χ4n) is 4.81. The van der Waals surface area contributed by atoms with Gasteiger partial charge in [0.2, 0.25) is 0 Å². The second-order valence-electron chi connectivity index (χ2n) is 8.93. The molecule has 33 heavy (non-hydrogen) atoms. The van der Waals surface area contributed by atoms with Gasteiger partial charge in [-0.15, -0.1) is 0 Å². The Labute approximate surface area is 202 Å². The fourth-order valence-corrected chi connectivity index (χ4v) is 5.88. The van der Waals surface area contributed by atoms with Gasteiger partial charge in [0.1, 0.15) is 5.75 Å². The number of aryl methyl sites for hydroxylation is 1. The van der Waals surface area contributed by atoms with Crippen LogP contribution in [-0.2, 0) is 0 Å². The van der Waals surface area contributed by atoms with Gasteiger partial charge in [0.25, 0.3) is 0 Å². The van der Waals surface area contributed by atoms with Gasteiger partial charge in [-0.05, 0) is 80.4 Å². The van der Waals surface area contributed by atoms with E-state index in [0.717, 1.165) is 38.5 Å². The molecule has 3 aromatic carbocycles. The van der Waals surface area contributed by atoms with Gasteiger partial charge in [0.05, 0.1) is 18.5 Å². The molecule has 0 saturated carbocycles. The molecule has 1 fully saturated rings. The van der Waals surface area contributed by atoms with Gasteiger partial charge in [-0.1, -0.05) is 30.0 Å². The number of benzene rings is 3. The summed E-state index contributed by atoms with van der Waals surface area (Å²) in [4.78, 5) is 10.4. The molecule has 0 spiro atoms. The number of para-hydroxylation sites is 1. The van der Waals surface area contributed by atoms with Crippen LogP contribution in [0.4, 0.5) is 17.1 Å². The van der Waals surface area contributed by atoms with E-state index < -0.39 is 0 Å². The predicted molar refractivity (Wildman–Crippen MR) is 140 cm³/mol. The summed E-state index contributed by atoms with van der Waals surface area (Å²) >= 11 is 1.90. The highest BCUT2D eigenvalue weighted by Gasteiger charge is 2.23. The Bertz CT molecular complexity index is 1080. The van der Waals surface area contributed by atoms with Crippen molar-refractivity contribution in [2.24, 2.45) is 0 Å². The van der Waals surface area contributed by atoms with Gasteiger partial charge in [0, 0.05) is 48.2 Å². The molecule has 2 aliphatic rings. The highest BCUT2D eigenvalue weighted by Crippen LogP contribution is 2.48. The van der Waals surface area contributed by atoms with E-state index in [0.29, 0.717) is 0 Å². The first-order chi connectivity index (χ1) is 16.2. The molecule has 0 N–H and O–H groups in total. The topological polar surface area (TPSA) is 19.0 Å². The number of hydrogen-bond donors (Lipinski definition) is 0. The molecule has 0 aromatic heterocycles. The van der Waals surface area contributed by atoms with E-state index in [-0.39, 0.29) is 0 Å². The maximum Gasteiger partial charge on any atom is 0.119 e. The summed E-state index contributed by atoms with van der Waals surface area (Å²) < 4.78 is 5.29. The Morgan fingerprint density at radius 2 is 1.52 bits per heavy atom. The van der Waals surface area contributed by atoms with Crippen molar-refractivity contribution in [3.63, 3.8) is 0 Å². The van der Waals surface area contributed by atoms with Gasteiger partial charge >= 0.3 is 0 Å². The van der Waals surface area contributed by atoms with E-state index in [9.17, 15) is 0 Å². The minimum atomic E-state index is 0.921. The van der Waals surface area contributed by atoms with Crippen molar-refractivity contribution in [2.75, 3.05) is 56.2 Å². The van der Waals surface area contributed by atoms with Crippen LogP contribution in [0.3, 0.4) is 0 Å². The van der Waals surface area contributed by atoms with Gasteiger partial charge in [-0.2, -0.15) is 0 Å². The minimum absolute atomic E-state index is 0.921. The molecule has 4 nitrogen and oxygen atoms in total. The lowest BCUT2D eigenvalue weighted by Crippen LogP contribution is -2.46. The molecule has 3 aromatic rings. The van der Waals surface area contributed by atoms with Crippen LogP contribution in [-0.4, -0.2) is 51.3 Å². The third-order valence-corrected chi connectivity index (χ3v) is 7.83. The number of methoxy groups -OCH3 is 1. The molecule has 0 atom stereocenters. The summed E-state index contributed by atoms with van der Waals surface area (Å²) in [5.41, 5.74) is 5.35. The van der Waals surface area contributed by atoms with Crippen molar-refractivity contribution in [1.82, 2.24) is 4.90 Å². The first-order valence-electron chi connectivity index (χ1n) is 12.0. The molecule has 0 radical (unpaired) electrons. The van der Waals surface area contributed by atoms with Crippen LogP contribution >= 0.6 is 11.8 Å². The van der Waals surface area contributed by atoms with E-state index in [2.05, 4.69) is 88.4 Å². The fraction of sp³-hybridized carbons (Fsp3) is 0.357. The van der Waals surface area contributed by atoms with Crippen LogP contribution in [0.5, 0.6) is 5.75 Å². The third kappa shape index (κ3) is 4.99. The maximum absolute atomic E-state index is 5.29. The van der Waals surface area contributed by atoms with Crippen molar-refractivity contribution in [3.05, 3.63) is 72.3 Å². The molecule has 2 heterocycles. The van der Waals surface area contributed by atoms with Gasteiger partial charge in [-0.25, -0.2) is 0 Å². The lowest BCUT2D eigenvalue weighted by molar-refractivity contribution is 0.253. The minimum Gasteiger partial charge on any atom is -0.497 e. The van der Waals surface area contributed by atoms with Crippen LogP contribution in [0.25, 0.3) is 0 Å². The van der Waals surface area contributed by atoms with Crippen molar-refractivity contribution in [3.8, 4) is 5.75 Å². The SMILES string of the molecule is COc1ccc(N2CCN(CCCCN3c4ccccc4Sc4ccc(C)cc43)CC2)cc1. The molecule has 172 valence electrons. The molecular formula is C28H33N3OS. The summed E-state index contributed by atoms with van der Waals surface area (Å²) in [6, 6.07) is 24.1. The molecule has 0 bridgehead atoms. The Morgan fingerprint density at radius 3 is 2.30 bits per heavy atom. The van der Waals surface area contributed by atoms with E-state index in [4.69, 9.17) is 4.74 Å². The van der Waals surface area contributed by atoms with E-state index in [1.807, 2.05) is 11.8 Å². The molecule has 0 unspecified atom stereocenters. The van der Waals surface area contributed by atoms with Gasteiger partial charge in [-0.3, -0.25) is 4.90 Å². The maximum atomic E-state index is 5.29. The average Bonchev–Trinajstić information content (AvgIpc) is 2.86. The number of nitrogens with zero attached hydrogens (tertiary/aromatic N) is 3. The average molecular weight is 460 g/mol. The quantitative estimate of drug-likeness (QED) is 0.390. The number of piperazine rings is 1. The molecule has 0 aliphatic carbocycles. The second kappa shape index (κ2) is 10.1. The largest absolute Gasteiger partial charge is 0.497 e. The Hall–Kier alpha value is -2.63. The lowest BCUT2D eigenvalue weighted by atomic mass is 10.1. The zero-order valence-corrected chi connectivity index (χ0v) is 20.5. The third-order valence-electron chi connectivity index (χ3n) is 6.70. The molecule has 1 saturated heterocycles. The zero-order valence-electron chi connectivity index (χ0n) is 19.7. The van der Waals surface area contributed by atoms with Crippen molar-refractivity contribution in [1.29, 1.82) is 0 Å². The summed E-state index contributed by atoms with van der Waals surface area (Å²) in [6.07, 6.45) is 2.43. The monoisotopic (exact) mass is 459 g/mol. The highest BCUT2D eigenvalue weighted by atomic mass is 32.2. The molecule has 5 heteroatoms. The van der Waals surface area contributed by atoms with Crippen LogP contribution in [0.2, 0.25) is 0 Å². The van der Waals surface area contributed by atoms with Gasteiger partial charge < -0.3 is 14.5 Å². The number of hydrogen-bond acceptors (Lipinski definition) is 5. The first kappa shape index (κ1) is 22.2. The number of anilines is 3. The zero-order chi connectivity index (χ0) is 22.6. The van der Waals surface area contributed by atoms with Crippen LogP contribution in [0, 0.1) is 6.92 Å². The molecular weight excluding hydrogens is 426 g/mol. The van der Waals surface area contributed by atoms with Crippen molar-refractivity contribution < 1.29 is 4.74 Å². The number of fused-ring (bicyclic) bond motifs is 2. The van der Waals surface area contributed by atoms with Crippen molar-refractivity contribution in [2.45, 2.75) is 29.6 Å². The standard InChI is InChI=1S/C28H33N3OS/c1-22-9-14-28-26(21-22)31(25-7-3-4-8-27(25)33-28)16-6-5-15-29-17-19-30(20-18-29)23-10-12-24(32-2)13-11-23/h3-4,7-14,21H,5-6,15-20H2,1-2H3.